The standard InChI is InChI=1S/C17H16N2O5S/c1-10-9-25-16(19-10)12(7-18)13(20)8-24-17(21)11-5-4-6-14(22-2)15(11)23-3/h4-6,9,12H,8H2,1-3H3/t12-/m1/s1. The summed E-state index contributed by atoms with van der Waals surface area (Å²) < 4.78 is 15.3. The van der Waals surface area contributed by atoms with Crippen LogP contribution in [-0.2, 0) is 9.53 Å². The molecule has 0 aliphatic rings. The Hall–Kier alpha value is -2.92. The lowest BCUT2D eigenvalue weighted by Gasteiger charge is -2.12. The number of carbonyl (C=O) groups is 2. The number of methoxy groups -OCH3 is 2. The maximum absolute atomic E-state index is 12.2. The lowest BCUT2D eigenvalue weighted by Crippen LogP contribution is -2.20. The van der Waals surface area contributed by atoms with E-state index in [1.807, 2.05) is 6.07 Å². The second kappa shape index (κ2) is 8.26. The van der Waals surface area contributed by atoms with E-state index in [9.17, 15) is 14.9 Å². The van der Waals surface area contributed by atoms with Crippen molar-refractivity contribution in [2.24, 2.45) is 0 Å². The molecule has 0 radical (unpaired) electrons. The number of Topliss-reactive ketones (excluding diaryl/α,β-unsaturated/α-hetero) is 1. The molecule has 8 heteroatoms. The maximum atomic E-state index is 12.2. The minimum absolute atomic E-state index is 0.133. The van der Waals surface area contributed by atoms with Crippen LogP contribution in [0.2, 0.25) is 0 Å². The zero-order chi connectivity index (χ0) is 18.4. The molecule has 130 valence electrons. The van der Waals surface area contributed by atoms with Crippen molar-refractivity contribution in [2.45, 2.75) is 12.8 Å². The van der Waals surface area contributed by atoms with Crippen molar-refractivity contribution in [1.29, 1.82) is 5.26 Å². The number of hydrogen-bond donors (Lipinski definition) is 0. The molecule has 1 aromatic carbocycles. The number of aryl methyl sites for hydroxylation is 1. The van der Waals surface area contributed by atoms with Crippen molar-refractivity contribution in [1.82, 2.24) is 4.98 Å². The van der Waals surface area contributed by atoms with Crippen molar-refractivity contribution < 1.29 is 23.8 Å². The first-order chi connectivity index (χ1) is 12.0. The highest BCUT2D eigenvalue weighted by Gasteiger charge is 2.25. The van der Waals surface area contributed by atoms with Gasteiger partial charge in [0, 0.05) is 11.1 Å². The SMILES string of the molecule is COc1cccc(C(=O)OCC(=O)[C@@H](C#N)c2nc(C)cs2)c1OC. The molecule has 2 aromatic rings. The van der Waals surface area contributed by atoms with Gasteiger partial charge in [0.15, 0.2) is 29.8 Å². The topological polar surface area (TPSA) is 98.5 Å². The van der Waals surface area contributed by atoms with Gasteiger partial charge in [-0.1, -0.05) is 6.07 Å². The fourth-order valence-electron chi connectivity index (χ4n) is 2.12. The average molecular weight is 360 g/mol. The molecule has 0 saturated heterocycles. The number of para-hydroxylation sites is 1. The molecule has 0 aliphatic carbocycles. The molecule has 0 saturated carbocycles. The first-order valence-corrected chi connectivity index (χ1v) is 8.12. The van der Waals surface area contributed by atoms with Crippen molar-refractivity contribution in [3.05, 3.63) is 39.8 Å². The molecule has 7 nitrogen and oxygen atoms in total. The molecule has 0 bridgehead atoms. The zero-order valence-electron chi connectivity index (χ0n) is 13.9. The Morgan fingerprint density at radius 3 is 2.64 bits per heavy atom. The summed E-state index contributed by atoms with van der Waals surface area (Å²) in [6, 6.07) is 6.64. The van der Waals surface area contributed by atoms with E-state index in [0.717, 1.165) is 5.69 Å². The van der Waals surface area contributed by atoms with E-state index in [2.05, 4.69) is 4.98 Å². The molecular formula is C17H16N2O5S. The van der Waals surface area contributed by atoms with Gasteiger partial charge in [0.25, 0.3) is 0 Å². The van der Waals surface area contributed by atoms with Crippen molar-refractivity contribution in [3.8, 4) is 17.6 Å². The van der Waals surface area contributed by atoms with Gasteiger partial charge in [-0.2, -0.15) is 5.26 Å². The number of carbonyl (C=O) groups excluding carboxylic acids is 2. The fraction of sp³-hybridized carbons (Fsp3) is 0.294. The minimum Gasteiger partial charge on any atom is -0.493 e. The van der Waals surface area contributed by atoms with E-state index < -0.39 is 24.3 Å². The number of ether oxygens (including phenoxy) is 3. The summed E-state index contributed by atoms with van der Waals surface area (Å²) in [6.45, 7) is 1.24. The summed E-state index contributed by atoms with van der Waals surface area (Å²) in [4.78, 5) is 28.6. The van der Waals surface area contributed by atoms with E-state index >= 15 is 0 Å². The van der Waals surface area contributed by atoms with E-state index in [0.29, 0.717) is 10.8 Å². The Bertz CT molecular complexity index is 825. The van der Waals surface area contributed by atoms with Crippen LogP contribution in [0.5, 0.6) is 11.5 Å². The lowest BCUT2D eigenvalue weighted by molar-refractivity contribution is -0.122. The first-order valence-electron chi connectivity index (χ1n) is 7.24. The highest BCUT2D eigenvalue weighted by atomic mass is 32.1. The van der Waals surface area contributed by atoms with Gasteiger partial charge in [0.05, 0.1) is 20.3 Å². The van der Waals surface area contributed by atoms with Gasteiger partial charge in [0.1, 0.15) is 10.6 Å². The van der Waals surface area contributed by atoms with Crippen LogP contribution in [0.1, 0.15) is 27.0 Å². The highest BCUT2D eigenvalue weighted by Crippen LogP contribution is 2.31. The molecule has 0 fully saturated rings. The monoisotopic (exact) mass is 360 g/mol. The third-order valence-electron chi connectivity index (χ3n) is 3.30. The van der Waals surface area contributed by atoms with Crippen molar-refractivity contribution in [2.75, 3.05) is 20.8 Å². The number of nitriles is 1. The Morgan fingerprint density at radius 1 is 1.32 bits per heavy atom. The molecule has 0 amide bonds. The molecule has 1 atom stereocenters. The van der Waals surface area contributed by atoms with Crippen LogP contribution < -0.4 is 9.47 Å². The molecule has 2 rings (SSSR count). The zero-order valence-corrected chi connectivity index (χ0v) is 14.8. The van der Waals surface area contributed by atoms with Crippen LogP contribution in [0.4, 0.5) is 0 Å². The first kappa shape index (κ1) is 18.4. The maximum Gasteiger partial charge on any atom is 0.342 e. The summed E-state index contributed by atoms with van der Waals surface area (Å²) in [6.07, 6.45) is 0. The Kier molecular flexibility index (Phi) is 6.08. The molecule has 1 aromatic heterocycles. The van der Waals surface area contributed by atoms with Crippen LogP contribution >= 0.6 is 11.3 Å². The van der Waals surface area contributed by atoms with Gasteiger partial charge in [-0.15, -0.1) is 11.3 Å². The van der Waals surface area contributed by atoms with E-state index in [1.165, 1.54) is 31.6 Å². The predicted octanol–water partition coefficient (Wildman–Crippen LogP) is 2.50. The second-order valence-corrected chi connectivity index (χ2v) is 5.86. The van der Waals surface area contributed by atoms with Gasteiger partial charge in [0.2, 0.25) is 0 Å². The van der Waals surface area contributed by atoms with Crippen LogP contribution in [0.3, 0.4) is 0 Å². The summed E-state index contributed by atoms with van der Waals surface area (Å²) in [5.41, 5.74) is 0.861. The number of hydrogen-bond acceptors (Lipinski definition) is 8. The summed E-state index contributed by atoms with van der Waals surface area (Å²) in [5, 5.41) is 11.3. The molecule has 0 unspecified atom stereocenters. The minimum atomic E-state index is -1.06. The third kappa shape index (κ3) is 4.14. The normalized spacial score (nSPS) is 11.3. The fourth-order valence-corrected chi connectivity index (χ4v) is 2.98. The average Bonchev–Trinajstić information content (AvgIpc) is 3.05. The van der Waals surface area contributed by atoms with Crippen LogP contribution in [0.15, 0.2) is 23.6 Å². The highest BCUT2D eigenvalue weighted by molar-refractivity contribution is 7.09. The third-order valence-corrected chi connectivity index (χ3v) is 4.33. The molecule has 0 aliphatic heterocycles. The van der Waals surface area contributed by atoms with E-state index in [1.54, 1.807) is 24.4 Å². The number of esters is 1. The molecular weight excluding hydrogens is 344 g/mol. The predicted molar refractivity (Wildman–Crippen MR) is 90.0 cm³/mol. The quantitative estimate of drug-likeness (QED) is 0.700. The molecule has 0 spiro atoms. The van der Waals surface area contributed by atoms with Gasteiger partial charge >= 0.3 is 5.97 Å². The number of benzene rings is 1. The number of thiazole rings is 1. The van der Waals surface area contributed by atoms with Crippen molar-refractivity contribution in [3.63, 3.8) is 0 Å². The lowest BCUT2D eigenvalue weighted by atomic mass is 10.1. The van der Waals surface area contributed by atoms with Gasteiger partial charge in [-0.25, -0.2) is 9.78 Å². The largest absolute Gasteiger partial charge is 0.493 e. The summed E-state index contributed by atoms with van der Waals surface area (Å²) in [7, 11) is 2.85. The molecule has 0 N–H and O–H groups in total. The van der Waals surface area contributed by atoms with Gasteiger partial charge in [-0.05, 0) is 19.1 Å². The molecule has 25 heavy (non-hydrogen) atoms. The smallest absolute Gasteiger partial charge is 0.342 e. The molecule has 1 heterocycles. The number of rotatable bonds is 7. The van der Waals surface area contributed by atoms with Crippen LogP contribution in [0, 0.1) is 18.3 Å². The van der Waals surface area contributed by atoms with Gasteiger partial charge < -0.3 is 14.2 Å². The Balaban J connectivity index is 2.09. The van der Waals surface area contributed by atoms with E-state index in [4.69, 9.17) is 14.2 Å². The van der Waals surface area contributed by atoms with Crippen LogP contribution in [-0.4, -0.2) is 37.6 Å². The summed E-state index contributed by atoms with van der Waals surface area (Å²) in [5.74, 6) is -1.74. The van der Waals surface area contributed by atoms with E-state index in [-0.39, 0.29) is 11.3 Å². The van der Waals surface area contributed by atoms with Crippen LogP contribution in [0.25, 0.3) is 0 Å². The number of aromatic nitrogens is 1. The Labute approximate surface area is 148 Å². The van der Waals surface area contributed by atoms with Gasteiger partial charge in [-0.3, -0.25) is 4.79 Å². The summed E-state index contributed by atoms with van der Waals surface area (Å²) >= 11 is 1.22. The number of nitrogens with zero attached hydrogens (tertiary/aromatic N) is 2. The Morgan fingerprint density at radius 2 is 2.08 bits per heavy atom. The number of ketones is 1. The van der Waals surface area contributed by atoms with Crippen molar-refractivity contribution >= 4 is 23.1 Å². The second-order valence-electron chi connectivity index (χ2n) is 4.97.